The fourth-order valence-electron chi connectivity index (χ4n) is 1.61. The van der Waals surface area contributed by atoms with Crippen molar-refractivity contribution in [1.29, 1.82) is 0 Å². The number of aryl methyl sites for hydroxylation is 2. The molecule has 0 spiro atoms. The van der Waals surface area contributed by atoms with Gasteiger partial charge in [-0.15, -0.1) is 0 Å². The normalized spacial score (nSPS) is 11.4. The minimum atomic E-state index is -3.69. The highest BCUT2D eigenvalue weighted by molar-refractivity contribution is 7.92. The van der Waals surface area contributed by atoms with Crippen LogP contribution in [0.2, 0.25) is 0 Å². The van der Waals surface area contributed by atoms with Gasteiger partial charge in [0.05, 0.1) is 19.0 Å². The van der Waals surface area contributed by atoms with Crippen LogP contribution in [0.4, 0.5) is 5.69 Å². The number of sulfonamides is 1. The van der Waals surface area contributed by atoms with Crippen LogP contribution in [0.25, 0.3) is 0 Å². The summed E-state index contributed by atoms with van der Waals surface area (Å²) in [6.45, 7) is 1.74. The van der Waals surface area contributed by atoms with E-state index < -0.39 is 10.0 Å². The molecule has 0 bridgehead atoms. The second-order valence-corrected chi connectivity index (χ2v) is 6.18. The number of imidazole rings is 1. The number of anilines is 1. The van der Waals surface area contributed by atoms with Crippen LogP contribution in [0.15, 0.2) is 29.6 Å². The standard InChI is InChI=1S/C12H16N4O3S/c1-9-14-12(8-15(9)2)20(17,18)16(3)10-5-6-11(19-4)13-7-10/h5-8H,1-4H3. The van der Waals surface area contributed by atoms with Gasteiger partial charge in [0.2, 0.25) is 5.88 Å². The van der Waals surface area contributed by atoms with Crippen molar-refractivity contribution in [2.75, 3.05) is 18.5 Å². The SMILES string of the molecule is COc1ccc(N(C)S(=O)(=O)c2cn(C)c(C)n2)cn1. The first kappa shape index (κ1) is 14.3. The predicted molar refractivity (Wildman–Crippen MR) is 74.3 cm³/mol. The first-order chi connectivity index (χ1) is 9.36. The minimum absolute atomic E-state index is 0.0100. The van der Waals surface area contributed by atoms with Gasteiger partial charge in [0.25, 0.3) is 10.0 Å². The van der Waals surface area contributed by atoms with E-state index in [1.165, 1.54) is 26.6 Å². The molecule has 0 saturated carbocycles. The van der Waals surface area contributed by atoms with Crippen molar-refractivity contribution >= 4 is 15.7 Å². The topological polar surface area (TPSA) is 77.3 Å². The maximum atomic E-state index is 12.4. The van der Waals surface area contributed by atoms with Crippen LogP contribution >= 0.6 is 0 Å². The fourth-order valence-corrected chi connectivity index (χ4v) is 2.81. The van der Waals surface area contributed by atoms with Gasteiger partial charge in [-0.2, -0.15) is 8.42 Å². The van der Waals surface area contributed by atoms with Crippen molar-refractivity contribution in [3.05, 3.63) is 30.4 Å². The van der Waals surface area contributed by atoms with Crippen LogP contribution in [0.5, 0.6) is 5.88 Å². The highest BCUT2D eigenvalue weighted by Gasteiger charge is 2.24. The van der Waals surface area contributed by atoms with Crippen LogP contribution in [0, 0.1) is 6.92 Å². The number of ether oxygens (including phenoxy) is 1. The van der Waals surface area contributed by atoms with Gasteiger partial charge in [0, 0.05) is 26.4 Å². The monoisotopic (exact) mass is 296 g/mol. The molecule has 0 radical (unpaired) electrons. The van der Waals surface area contributed by atoms with Gasteiger partial charge in [-0.3, -0.25) is 4.31 Å². The van der Waals surface area contributed by atoms with Crippen molar-refractivity contribution in [3.63, 3.8) is 0 Å². The molecule has 20 heavy (non-hydrogen) atoms. The Labute approximate surface area is 117 Å². The smallest absolute Gasteiger partial charge is 0.283 e. The van der Waals surface area contributed by atoms with Crippen molar-refractivity contribution in [2.24, 2.45) is 7.05 Å². The zero-order valence-corrected chi connectivity index (χ0v) is 12.5. The molecule has 2 heterocycles. The van der Waals surface area contributed by atoms with E-state index in [-0.39, 0.29) is 5.03 Å². The second kappa shape index (κ2) is 5.12. The molecule has 0 aromatic carbocycles. The lowest BCUT2D eigenvalue weighted by molar-refractivity contribution is 0.398. The molecule has 108 valence electrons. The first-order valence-electron chi connectivity index (χ1n) is 5.85. The summed E-state index contributed by atoms with van der Waals surface area (Å²) in [5.74, 6) is 1.05. The number of methoxy groups -OCH3 is 1. The van der Waals surface area contributed by atoms with Crippen LogP contribution < -0.4 is 9.04 Å². The van der Waals surface area contributed by atoms with Crippen molar-refractivity contribution < 1.29 is 13.2 Å². The average molecular weight is 296 g/mol. The maximum Gasteiger partial charge on any atom is 0.283 e. The lowest BCUT2D eigenvalue weighted by atomic mass is 10.4. The van der Waals surface area contributed by atoms with Gasteiger partial charge in [-0.1, -0.05) is 0 Å². The molecule has 7 nitrogen and oxygen atoms in total. The van der Waals surface area contributed by atoms with E-state index in [0.717, 1.165) is 4.31 Å². The predicted octanol–water partition coefficient (Wildman–Crippen LogP) is 0.957. The highest BCUT2D eigenvalue weighted by Crippen LogP contribution is 2.22. The summed E-state index contributed by atoms with van der Waals surface area (Å²) >= 11 is 0. The van der Waals surface area contributed by atoms with Gasteiger partial charge in [0.15, 0.2) is 5.03 Å². The van der Waals surface area contributed by atoms with E-state index in [2.05, 4.69) is 9.97 Å². The van der Waals surface area contributed by atoms with E-state index in [1.807, 2.05) is 0 Å². The zero-order valence-electron chi connectivity index (χ0n) is 11.7. The third-order valence-electron chi connectivity index (χ3n) is 3.00. The zero-order chi connectivity index (χ0) is 14.9. The van der Waals surface area contributed by atoms with Crippen molar-refractivity contribution in [2.45, 2.75) is 11.9 Å². The van der Waals surface area contributed by atoms with E-state index in [4.69, 9.17) is 4.74 Å². The van der Waals surface area contributed by atoms with E-state index in [0.29, 0.717) is 17.4 Å². The molecule has 0 aliphatic rings. The number of nitrogens with zero attached hydrogens (tertiary/aromatic N) is 4. The molecule has 0 amide bonds. The molecule has 2 aromatic rings. The molecule has 0 aliphatic carbocycles. The van der Waals surface area contributed by atoms with Crippen molar-refractivity contribution in [3.8, 4) is 5.88 Å². The Kier molecular flexibility index (Phi) is 3.67. The average Bonchev–Trinajstić information content (AvgIpc) is 2.78. The maximum absolute atomic E-state index is 12.4. The van der Waals surface area contributed by atoms with Crippen molar-refractivity contribution in [1.82, 2.24) is 14.5 Å². The molecule has 2 aromatic heterocycles. The fraction of sp³-hybridized carbons (Fsp3) is 0.333. The Morgan fingerprint density at radius 3 is 2.50 bits per heavy atom. The molecule has 0 saturated heterocycles. The molecular formula is C12H16N4O3S. The third-order valence-corrected chi connectivity index (χ3v) is 4.66. The third kappa shape index (κ3) is 2.46. The van der Waals surface area contributed by atoms with Gasteiger partial charge in [-0.25, -0.2) is 9.97 Å². The first-order valence-corrected chi connectivity index (χ1v) is 7.29. The molecule has 0 aliphatic heterocycles. The number of pyridine rings is 1. The Bertz CT molecular complexity index is 687. The summed E-state index contributed by atoms with van der Waals surface area (Å²) in [5.41, 5.74) is 0.439. The largest absolute Gasteiger partial charge is 0.481 e. The molecule has 0 N–H and O–H groups in total. The summed E-state index contributed by atoms with van der Waals surface area (Å²) in [6.07, 6.45) is 2.92. The number of hydrogen-bond donors (Lipinski definition) is 0. The number of hydrogen-bond acceptors (Lipinski definition) is 5. The molecular weight excluding hydrogens is 280 g/mol. The quantitative estimate of drug-likeness (QED) is 0.839. The lowest BCUT2D eigenvalue weighted by Gasteiger charge is -2.17. The van der Waals surface area contributed by atoms with Gasteiger partial charge in [-0.05, 0) is 13.0 Å². The summed E-state index contributed by atoms with van der Waals surface area (Å²) in [6, 6.07) is 3.23. The molecule has 0 fully saturated rings. The van der Waals surface area contributed by atoms with Gasteiger partial charge >= 0.3 is 0 Å². The Morgan fingerprint density at radius 2 is 2.05 bits per heavy atom. The highest BCUT2D eigenvalue weighted by atomic mass is 32.2. The van der Waals surface area contributed by atoms with Crippen LogP contribution in [-0.2, 0) is 17.1 Å². The Morgan fingerprint density at radius 1 is 1.35 bits per heavy atom. The van der Waals surface area contributed by atoms with Gasteiger partial charge in [0.1, 0.15) is 5.82 Å². The van der Waals surface area contributed by atoms with Crippen LogP contribution in [0.3, 0.4) is 0 Å². The summed E-state index contributed by atoms with van der Waals surface area (Å²) < 4.78 is 32.6. The van der Waals surface area contributed by atoms with E-state index >= 15 is 0 Å². The van der Waals surface area contributed by atoms with Crippen LogP contribution in [0.1, 0.15) is 5.82 Å². The van der Waals surface area contributed by atoms with E-state index in [1.54, 1.807) is 30.7 Å². The Balaban J connectivity index is 2.37. The lowest BCUT2D eigenvalue weighted by Crippen LogP contribution is -2.27. The number of aromatic nitrogens is 3. The summed E-state index contributed by atoms with van der Waals surface area (Å²) in [4.78, 5) is 8.04. The van der Waals surface area contributed by atoms with E-state index in [9.17, 15) is 8.42 Å². The molecule has 2 rings (SSSR count). The summed E-state index contributed by atoms with van der Waals surface area (Å²) in [7, 11) is 1.01. The Hall–Kier alpha value is -2.09. The van der Waals surface area contributed by atoms with Gasteiger partial charge < -0.3 is 9.30 Å². The second-order valence-electron chi connectivity index (χ2n) is 4.27. The molecule has 0 atom stereocenters. The van der Waals surface area contributed by atoms with Crippen LogP contribution in [-0.4, -0.2) is 37.1 Å². The summed E-state index contributed by atoms with van der Waals surface area (Å²) in [5, 5.41) is 0.0100. The molecule has 8 heteroatoms. The number of rotatable bonds is 4. The minimum Gasteiger partial charge on any atom is -0.481 e. The molecule has 0 unspecified atom stereocenters.